The van der Waals surface area contributed by atoms with Gasteiger partial charge in [-0.05, 0) is 61.9 Å². The van der Waals surface area contributed by atoms with E-state index in [-0.39, 0.29) is 0 Å². The van der Waals surface area contributed by atoms with Crippen molar-refractivity contribution in [3.05, 3.63) is 64.1 Å². The highest BCUT2D eigenvalue weighted by atomic mass is 35.5. The zero-order valence-corrected chi connectivity index (χ0v) is 14.7. The fourth-order valence-electron chi connectivity index (χ4n) is 3.40. The first-order valence-electron chi connectivity index (χ1n) is 8.22. The molecule has 4 rings (SSSR count). The van der Waals surface area contributed by atoms with Crippen LogP contribution in [0.15, 0.2) is 36.5 Å². The number of nitrogens with zero attached hydrogens (tertiary/aromatic N) is 3. The number of fused-ring (bicyclic) bond motifs is 3. The summed E-state index contributed by atoms with van der Waals surface area (Å²) < 4.78 is 2.30. The van der Waals surface area contributed by atoms with Crippen LogP contribution in [0.4, 0.5) is 0 Å². The first-order valence-corrected chi connectivity index (χ1v) is 8.60. The van der Waals surface area contributed by atoms with Gasteiger partial charge in [-0.3, -0.25) is 4.98 Å². The standard InChI is InChI=1S/C20H20ClN3/c1-14-3-4-15(12-22-14)7-10-24-19-6-5-16(21)11-18(19)17-8-9-23(2)13-20(17)24/h3-7,10-12H,8-9,13H2,1-2H3. The number of hydrogen-bond acceptors (Lipinski definition) is 2. The second kappa shape index (κ2) is 6.08. The molecule has 0 saturated carbocycles. The van der Waals surface area contributed by atoms with Gasteiger partial charge in [0, 0.05) is 47.3 Å². The SMILES string of the molecule is Cc1ccc(C=Cn2c3c(c4cc(Cl)ccc42)CCN(C)C3)cn1. The molecule has 0 aliphatic carbocycles. The van der Waals surface area contributed by atoms with E-state index in [9.17, 15) is 0 Å². The summed E-state index contributed by atoms with van der Waals surface area (Å²) in [5.74, 6) is 0. The second-order valence-corrected chi connectivity index (χ2v) is 6.93. The number of pyridine rings is 1. The molecule has 0 saturated heterocycles. The molecular formula is C20H20ClN3. The maximum atomic E-state index is 6.24. The lowest BCUT2D eigenvalue weighted by Gasteiger charge is -2.23. The molecule has 4 heteroatoms. The van der Waals surface area contributed by atoms with E-state index in [1.807, 2.05) is 25.3 Å². The summed E-state index contributed by atoms with van der Waals surface area (Å²) >= 11 is 6.24. The van der Waals surface area contributed by atoms with Crippen molar-refractivity contribution in [1.29, 1.82) is 0 Å². The van der Waals surface area contributed by atoms with Gasteiger partial charge in [0.05, 0.1) is 5.52 Å². The number of aromatic nitrogens is 2. The Balaban J connectivity index is 1.84. The molecule has 1 aliphatic rings. The zero-order chi connectivity index (χ0) is 16.7. The number of rotatable bonds is 2. The quantitative estimate of drug-likeness (QED) is 0.680. The first kappa shape index (κ1) is 15.4. The normalized spacial score (nSPS) is 15.3. The van der Waals surface area contributed by atoms with Crippen molar-refractivity contribution in [3.8, 4) is 0 Å². The van der Waals surface area contributed by atoms with Gasteiger partial charge in [-0.25, -0.2) is 0 Å². The van der Waals surface area contributed by atoms with Crippen LogP contribution in [0.3, 0.4) is 0 Å². The number of halogens is 1. The fourth-order valence-corrected chi connectivity index (χ4v) is 3.58. The minimum absolute atomic E-state index is 0.799. The van der Waals surface area contributed by atoms with Crippen LogP contribution in [0.5, 0.6) is 0 Å². The Kier molecular flexibility index (Phi) is 3.91. The molecule has 1 aromatic carbocycles. The number of aryl methyl sites for hydroxylation is 1. The Morgan fingerprint density at radius 2 is 2.08 bits per heavy atom. The van der Waals surface area contributed by atoms with Crippen molar-refractivity contribution in [2.45, 2.75) is 19.9 Å². The molecule has 0 radical (unpaired) electrons. The van der Waals surface area contributed by atoms with Gasteiger partial charge in [0.15, 0.2) is 0 Å². The van der Waals surface area contributed by atoms with Gasteiger partial charge in [0.2, 0.25) is 0 Å². The zero-order valence-electron chi connectivity index (χ0n) is 14.0. The number of likely N-dealkylation sites (N-methyl/N-ethyl adjacent to an activating group) is 1. The summed E-state index contributed by atoms with van der Waals surface area (Å²) in [5, 5.41) is 2.07. The Morgan fingerprint density at radius 1 is 1.21 bits per heavy atom. The van der Waals surface area contributed by atoms with Gasteiger partial charge in [0.25, 0.3) is 0 Å². The van der Waals surface area contributed by atoms with Crippen LogP contribution < -0.4 is 0 Å². The van der Waals surface area contributed by atoms with E-state index in [1.165, 1.54) is 22.2 Å². The lowest BCUT2D eigenvalue weighted by atomic mass is 10.0. The van der Waals surface area contributed by atoms with Crippen molar-refractivity contribution in [2.75, 3.05) is 13.6 Å². The third-order valence-corrected chi connectivity index (χ3v) is 4.93. The van der Waals surface area contributed by atoms with E-state index in [1.54, 1.807) is 0 Å². The summed E-state index contributed by atoms with van der Waals surface area (Å²) in [6.45, 7) is 4.05. The minimum atomic E-state index is 0.799. The second-order valence-electron chi connectivity index (χ2n) is 6.49. The topological polar surface area (TPSA) is 21.1 Å². The third kappa shape index (κ3) is 2.74. The van der Waals surface area contributed by atoms with Crippen molar-refractivity contribution in [1.82, 2.24) is 14.5 Å². The summed E-state index contributed by atoms with van der Waals surface area (Å²) in [6.07, 6.45) is 7.25. The van der Waals surface area contributed by atoms with Gasteiger partial charge in [-0.15, -0.1) is 0 Å². The van der Waals surface area contributed by atoms with Gasteiger partial charge < -0.3 is 9.47 Å². The summed E-state index contributed by atoms with van der Waals surface area (Å²) in [4.78, 5) is 6.73. The Labute approximate surface area is 147 Å². The van der Waals surface area contributed by atoms with Gasteiger partial charge >= 0.3 is 0 Å². The molecule has 3 nitrogen and oxygen atoms in total. The molecule has 122 valence electrons. The maximum absolute atomic E-state index is 6.24. The van der Waals surface area contributed by atoms with Gasteiger partial charge in [0.1, 0.15) is 0 Å². The molecule has 1 aliphatic heterocycles. The van der Waals surface area contributed by atoms with Crippen LogP contribution in [0.2, 0.25) is 5.02 Å². The molecule has 0 fully saturated rings. The first-order chi connectivity index (χ1) is 11.6. The predicted octanol–water partition coefficient (Wildman–Crippen LogP) is 4.61. The van der Waals surface area contributed by atoms with E-state index >= 15 is 0 Å². The largest absolute Gasteiger partial charge is 0.319 e. The molecular weight excluding hydrogens is 318 g/mol. The van der Waals surface area contributed by atoms with Crippen LogP contribution >= 0.6 is 11.6 Å². The Hall–Kier alpha value is -2.10. The summed E-state index contributed by atoms with van der Waals surface area (Å²) in [7, 11) is 2.17. The molecule has 2 aromatic heterocycles. The van der Waals surface area contributed by atoms with Crippen molar-refractivity contribution in [3.63, 3.8) is 0 Å². The van der Waals surface area contributed by atoms with E-state index in [0.717, 1.165) is 35.8 Å². The highest BCUT2D eigenvalue weighted by Gasteiger charge is 2.21. The van der Waals surface area contributed by atoms with Crippen LogP contribution in [0, 0.1) is 6.92 Å². The Bertz CT molecular complexity index is 922. The number of benzene rings is 1. The van der Waals surface area contributed by atoms with E-state index in [0.29, 0.717) is 0 Å². The molecule has 3 heterocycles. The van der Waals surface area contributed by atoms with Crippen molar-refractivity contribution < 1.29 is 0 Å². The molecule has 24 heavy (non-hydrogen) atoms. The number of hydrogen-bond donors (Lipinski definition) is 0. The fraction of sp³-hybridized carbons (Fsp3) is 0.250. The lowest BCUT2D eigenvalue weighted by Crippen LogP contribution is -2.27. The van der Waals surface area contributed by atoms with E-state index < -0.39 is 0 Å². The molecule has 0 amide bonds. The minimum Gasteiger partial charge on any atom is -0.319 e. The molecule has 0 atom stereocenters. The van der Waals surface area contributed by atoms with Crippen molar-refractivity contribution >= 4 is 34.8 Å². The van der Waals surface area contributed by atoms with Gasteiger partial charge in [-0.2, -0.15) is 0 Å². The molecule has 0 spiro atoms. The van der Waals surface area contributed by atoms with Crippen LogP contribution in [0.1, 0.15) is 22.5 Å². The van der Waals surface area contributed by atoms with E-state index in [4.69, 9.17) is 11.6 Å². The van der Waals surface area contributed by atoms with Crippen LogP contribution in [0.25, 0.3) is 23.2 Å². The monoisotopic (exact) mass is 337 g/mol. The third-order valence-electron chi connectivity index (χ3n) is 4.70. The maximum Gasteiger partial charge on any atom is 0.0529 e. The summed E-state index contributed by atoms with van der Waals surface area (Å²) in [5.41, 5.74) is 6.15. The molecule has 3 aromatic rings. The van der Waals surface area contributed by atoms with Crippen molar-refractivity contribution in [2.24, 2.45) is 0 Å². The average Bonchev–Trinajstić information content (AvgIpc) is 2.86. The highest BCUT2D eigenvalue weighted by molar-refractivity contribution is 6.31. The highest BCUT2D eigenvalue weighted by Crippen LogP contribution is 2.32. The van der Waals surface area contributed by atoms with Crippen LogP contribution in [-0.4, -0.2) is 28.0 Å². The summed E-state index contributed by atoms with van der Waals surface area (Å²) in [6, 6.07) is 10.3. The average molecular weight is 338 g/mol. The van der Waals surface area contributed by atoms with E-state index in [2.05, 4.69) is 52.0 Å². The molecule has 0 unspecified atom stereocenters. The van der Waals surface area contributed by atoms with Crippen LogP contribution in [-0.2, 0) is 13.0 Å². The Morgan fingerprint density at radius 3 is 2.88 bits per heavy atom. The lowest BCUT2D eigenvalue weighted by molar-refractivity contribution is 0.308. The molecule has 0 N–H and O–H groups in total. The van der Waals surface area contributed by atoms with Gasteiger partial charge in [-0.1, -0.05) is 17.7 Å². The molecule has 0 bridgehead atoms. The predicted molar refractivity (Wildman–Crippen MR) is 101 cm³/mol. The smallest absolute Gasteiger partial charge is 0.0529 e.